The zero-order valence-electron chi connectivity index (χ0n) is 18.9. The highest BCUT2D eigenvalue weighted by molar-refractivity contribution is 7.86. The Morgan fingerprint density at radius 3 is 1.31 bits per heavy atom. The topological polar surface area (TPSA) is 163 Å². The van der Waals surface area contributed by atoms with E-state index >= 15 is 0 Å². The molecular formula is C24H34O9S3. The van der Waals surface area contributed by atoms with Crippen LogP contribution in [0, 0.1) is 27.7 Å². The third-order valence-electron chi connectivity index (χ3n) is 4.47. The molecule has 0 fully saturated rings. The quantitative estimate of drug-likeness (QED) is 0.359. The van der Waals surface area contributed by atoms with Gasteiger partial charge >= 0.3 is 0 Å². The molecule has 3 aromatic carbocycles. The minimum Gasteiger partial charge on any atom is -0.282 e. The summed E-state index contributed by atoms with van der Waals surface area (Å²) in [6, 6.07) is 16.8. The second kappa shape index (κ2) is 14.2. The van der Waals surface area contributed by atoms with Crippen LogP contribution in [0.1, 0.15) is 37.1 Å². The lowest BCUT2D eigenvalue weighted by atomic mass is 10.1. The lowest BCUT2D eigenvalue weighted by Gasteiger charge is -2.01. The normalized spacial score (nSPS) is 10.9. The van der Waals surface area contributed by atoms with E-state index in [9.17, 15) is 25.3 Å². The molecule has 202 valence electrons. The van der Waals surface area contributed by atoms with Gasteiger partial charge in [-0.1, -0.05) is 56.8 Å². The summed E-state index contributed by atoms with van der Waals surface area (Å²) in [5, 5.41) is 0. The average molecular weight is 563 g/mol. The van der Waals surface area contributed by atoms with Crippen molar-refractivity contribution in [2.45, 2.75) is 57.2 Å². The Bertz CT molecular complexity index is 1440. The van der Waals surface area contributed by atoms with Crippen molar-refractivity contribution < 1.29 is 38.9 Å². The van der Waals surface area contributed by atoms with Crippen molar-refractivity contribution in [3.8, 4) is 0 Å². The lowest BCUT2D eigenvalue weighted by Crippen LogP contribution is -1.99. The summed E-state index contributed by atoms with van der Waals surface area (Å²) in [6.07, 6.45) is 0. The summed E-state index contributed by atoms with van der Waals surface area (Å²) < 4.78 is 89.4. The minimum absolute atomic E-state index is 0. The highest BCUT2D eigenvalue weighted by Gasteiger charge is 2.11. The minimum atomic E-state index is -4.04. The lowest BCUT2D eigenvalue weighted by molar-refractivity contribution is 0.480. The van der Waals surface area contributed by atoms with Gasteiger partial charge in [0, 0.05) is 0 Å². The van der Waals surface area contributed by atoms with Crippen molar-refractivity contribution in [3.63, 3.8) is 0 Å². The van der Waals surface area contributed by atoms with Crippen molar-refractivity contribution in [2.24, 2.45) is 0 Å². The summed E-state index contributed by atoms with van der Waals surface area (Å²) in [7, 11) is -12.1. The van der Waals surface area contributed by atoms with Crippen LogP contribution in [0.15, 0.2) is 81.4 Å². The molecule has 0 saturated heterocycles. The summed E-state index contributed by atoms with van der Waals surface area (Å²) >= 11 is 0. The van der Waals surface area contributed by atoms with E-state index in [1.165, 1.54) is 30.3 Å². The van der Waals surface area contributed by atoms with Crippen LogP contribution in [0.4, 0.5) is 0 Å². The molecule has 0 radical (unpaired) electrons. The smallest absolute Gasteiger partial charge is 0.282 e. The van der Waals surface area contributed by atoms with E-state index in [2.05, 4.69) is 0 Å². The summed E-state index contributed by atoms with van der Waals surface area (Å²) in [5.74, 6) is 0. The molecule has 0 spiro atoms. The van der Waals surface area contributed by atoms with Crippen molar-refractivity contribution in [1.29, 1.82) is 0 Å². The first-order chi connectivity index (χ1) is 15.4. The molecule has 3 rings (SSSR count). The maximum atomic E-state index is 10.7. The Morgan fingerprint density at radius 1 is 0.500 bits per heavy atom. The molecule has 12 heteroatoms. The van der Waals surface area contributed by atoms with Gasteiger partial charge in [-0.05, 0) is 74.7 Å². The molecule has 36 heavy (non-hydrogen) atoms. The predicted molar refractivity (Wildman–Crippen MR) is 141 cm³/mol. The van der Waals surface area contributed by atoms with Gasteiger partial charge < -0.3 is 0 Å². The van der Waals surface area contributed by atoms with E-state index in [4.69, 9.17) is 13.7 Å². The van der Waals surface area contributed by atoms with Crippen molar-refractivity contribution >= 4 is 30.4 Å². The SMILES string of the molecule is C.C.Cc1ccc(S(=O)(=O)O)cc1.Cc1ccc(S(=O)(=O)O)cc1C.Cc1ccccc1S(=O)(=O)O. The van der Waals surface area contributed by atoms with Crippen molar-refractivity contribution in [3.05, 3.63) is 89.0 Å². The van der Waals surface area contributed by atoms with E-state index in [0.717, 1.165) is 16.7 Å². The Kier molecular flexibility index (Phi) is 14.0. The maximum absolute atomic E-state index is 10.7. The molecule has 0 unspecified atom stereocenters. The van der Waals surface area contributed by atoms with E-state index in [0.29, 0.717) is 5.56 Å². The average Bonchev–Trinajstić information content (AvgIpc) is 2.69. The second-order valence-electron chi connectivity index (χ2n) is 7.25. The molecular weight excluding hydrogens is 528 g/mol. The molecule has 0 aliphatic carbocycles. The van der Waals surface area contributed by atoms with Gasteiger partial charge in [-0.3, -0.25) is 13.7 Å². The Morgan fingerprint density at radius 2 is 0.944 bits per heavy atom. The van der Waals surface area contributed by atoms with E-state index in [1.54, 1.807) is 50.2 Å². The predicted octanol–water partition coefficient (Wildman–Crippen LogP) is 5.31. The standard InChI is InChI=1S/C8H10O3S.2C7H8O3S.2CH4/c1-6-3-4-8(5-7(6)2)12(9,10)11;1-6-2-4-7(5-3-6)11(8,9)10;1-6-4-2-3-5-7(6)11(8,9)10;;/h3-5H,1-2H3,(H,9,10,11);2*2-5H,1H3,(H,8,9,10);2*1H4. The zero-order chi connectivity index (χ0) is 26.3. The molecule has 9 nitrogen and oxygen atoms in total. The zero-order valence-corrected chi connectivity index (χ0v) is 21.3. The van der Waals surface area contributed by atoms with Crippen molar-refractivity contribution in [1.82, 2.24) is 0 Å². The van der Waals surface area contributed by atoms with Crippen LogP contribution in [-0.2, 0) is 30.4 Å². The Hall–Kier alpha value is -2.61. The van der Waals surface area contributed by atoms with Gasteiger partial charge in [-0.25, -0.2) is 0 Å². The van der Waals surface area contributed by atoms with E-state index < -0.39 is 30.4 Å². The molecule has 0 saturated carbocycles. The first-order valence-electron chi connectivity index (χ1n) is 9.55. The first-order valence-corrected chi connectivity index (χ1v) is 13.9. The number of rotatable bonds is 3. The summed E-state index contributed by atoms with van der Waals surface area (Å²) in [5.41, 5.74) is 3.36. The molecule has 0 aliphatic heterocycles. The van der Waals surface area contributed by atoms with Crippen LogP contribution >= 0.6 is 0 Å². The Balaban J connectivity index is 0. The highest BCUT2D eigenvalue weighted by Crippen LogP contribution is 2.14. The van der Waals surface area contributed by atoms with Gasteiger partial charge in [0.05, 0.1) is 14.7 Å². The molecule has 0 bridgehead atoms. The van der Waals surface area contributed by atoms with Crippen LogP contribution in [0.25, 0.3) is 0 Å². The fourth-order valence-electron chi connectivity index (χ4n) is 2.43. The van der Waals surface area contributed by atoms with Crippen LogP contribution in [-0.4, -0.2) is 38.9 Å². The molecule has 0 aliphatic rings. The number of aryl methyl sites for hydroxylation is 4. The number of benzene rings is 3. The molecule has 0 aromatic heterocycles. The van der Waals surface area contributed by atoms with E-state index in [-0.39, 0.29) is 29.5 Å². The first kappa shape index (κ1) is 35.6. The number of hydrogen-bond acceptors (Lipinski definition) is 6. The molecule has 0 amide bonds. The van der Waals surface area contributed by atoms with Crippen LogP contribution in [0.3, 0.4) is 0 Å². The number of hydrogen-bond donors (Lipinski definition) is 3. The third kappa shape index (κ3) is 11.9. The molecule has 0 atom stereocenters. The maximum Gasteiger partial charge on any atom is 0.294 e. The van der Waals surface area contributed by atoms with Gasteiger partial charge in [0.15, 0.2) is 0 Å². The monoisotopic (exact) mass is 562 g/mol. The van der Waals surface area contributed by atoms with Gasteiger partial charge in [0.25, 0.3) is 30.4 Å². The fourth-order valence-corrected chi connectivity index (χ4v) is 4.20. The van der Waals surface area contributed by atoms with Gasteiger partial charge in [0.1, 0.15) is 0 Å². The molecule has 3 aromatic rings. The second-order valence-corrected chi connectivity index (χ2v) is 11.5. The Labute approximate surface area is 215 Å². The molecule has 0 heterocycles. The largest absolute Gasteiger partial charge is 0.294 e. The van der Waals surface area contributed by atoms with Crippen LogP contribution < -0.4 is 0 Å². The summed E-state index contributed by atoms with van der Waals surface area (Å²) in [4.78, 5) is -0.145. The molecule has 3 N–H and O–H groups in total. The van der Waals surface area contributed by atoms with Crippen molar-refractivity contribution in [2.75, 3.05) is 0 Å². The fraction of sp³-hybridized carbons (Fsp3) is 0.250. The van der Waals surface area contributed by atoms with Gasteiger partial charge in [-0.2, -0.15) is 25.3 Å². The van der Waals surface area contributed by atoms with E-state index in [1.807, 2.05) is 13.8 Å². The highest BCUT2D eigenvalue weighted by atomic mass is 32.2. The van der Waals surface area contributed by atoms with Gasteiger partial charge in [0.2, 0.25) is 0 Å². The van der Waals surface area contributed by atoms with Crippen LogP contribution in [0.2, 0.25) is 0 Å². The van der Waals surface area contributed by atoms with Crippen LogP contribution in [0.5, 0.6) is 0 Å². The summed E-state index contributed by atoms with van der Waals surface area (Å²) in [6.45, 7) is 7.14. The third-order valence-corrected chi connectivity index (χ3v) is 7.20. The van der Waals surface area contributed by atoms with Gasteiger partial charge in [-0.15, -0.1) is 0 Å².